The standard InChI is InChI=1S/C21H17FN4O2/c1-13-18(12-23-26(13)2)19-11-20(28-25-19)21(27)24-17-8-4-6-15(10-17)14-5-3-7-16(22)9-14/h3-12H,1-2H3,(H,24,27). The zero-order valence-electron chi connectivity index (χ0n) is 15.3. The maximum atomic E-state index is 13.5. The Morgan fingerprint density at radius 3 is 2.57 bits per heavy atom. The molecule has 2 aromatic heterocycles. The van der Waals surface area contributed by atoms with Gasteiger partial charge in [-0.2, -0.15) is 5.10 Å². The summed E-state index contributed by atoms with van der Waals surface area (Å²) >= 11 is 0. The van der Waals surface area contributed by atoms with Gasteiger partial charge in [0.15, 0.2) is 0 Å². The largest absolute Gasteiger partial charge is 0.350 e. The van der Waals surface area contributed by atoms with Gasteiger partial charge in [-0.05, 0) is 42.3 Å². The Morgan fingerprint density at radius 1 is 1.11 bits per heavy atom. The number of amides is 1. The van der Waals surface area contributed by atoms with Crippen molar-refractivity contribution < 1.29 is 13.7 Å². The van der Waals surface area contributed by atoms with Crippen molar-refractivity contribution in [3.05, 3.63) is 78.1 Å². The molecule has 28 heavy (non-hydrogen) atoms. The van der Waals surface area contributed by atoms with Gasteiger partial charge in [0.1, 0.15) is 11.5 Å². The van der Waals surface area contributed by atoms with E-state index in [0.717, 1.165) is 22.4 Å². The van der Waals surface area contributed by atoms with Crippen LogP contribution in [-0.2, 0) is 7.05 Å². The lowest BCUT2D eigenvalue weighted by Crippen LogP contribution is -2.10. The molecule has 1 N–H and O–H groups in total. The van der Waals surface area contributed by atoms with Gasteiger partial charge >= 0.3 is 0 Å². The van der Waals surface area contributed by atoms with E-state index in [1.165, 1.54) is 12.1 Å². The summed E-state index contributed by atoms with van der Waals surface area (Å²) in [5.41, 5.74) is 4.36. The molecule has 0 aliphatic carbocycles. The predicted molar refractivity (Wildman–Crippen MR) is 103 cm³/mol. The molecule has 4 rings (SSSR count). The van der Waals surface area contributed by atoms with E-state index in [-0.39, 0.29) is 11.6 Å². The van der Waals surface area contributed by atoms with Gasteiger partial charge in [-0.1, -0.05) is 29.4 Å². The fraction of sp³-hybridized carbons (Fsp3) is 0.0952. The summed E-state index contributed by atoms with van der Waals surface area (Å²) in [6.45, 7) is 1.91. The van der Waals surface area contributed by atoms with Crippen LogP contribution < -0.4 is 5.32 Å². The molecule has 0 saturated heterocycles. The number of rotatable bonds is 4. The van der Waals surface area contributed by atoms with E-state index in [2.05, 4.69) is 15.6 Å². The number of nitrogens with one attached hydrogen (secondary N) is 1. The smallest absolute Gasteiger partial charge is 0.294 e. The van der Waals surface area contributed by atoms with Crippen LogP contribution in [0.5, 0.6) is 0 Å². The Morgan fingerprint density at radius 2 is 1.86 bits per heavy atom. The molecule has 2 heterocycles. The van der Waals surface area contributed by atoms with E-state index >= 15 is 0 Å². The van der Waals surface area contributed by atoms with Crippen LogP contribution in [0.4, 0.5) is 10.1 Å². The van der Waals surface area contributed by atoms with Gasteiger partial charge < -0.3 is 9.84 Å². The van der Waals surface area contributed by atoms with E-state index in [1.807, 2.05) is 26.1 Å². The monoisotopic (exact) mass is 376 g/mol. The molecule has 0 unspecified atom stereocenters. The molecule has 0 radical (unpaired) electrons. The summed E-state index contributed by atoms with van der Waals surface area (Å²) in [5, 5.41) is 10.9. The van der Waals surface area contributed by atoms with Crippen molar-refractivity contribution in [3.63, 3.8) is 0 Å². The second-order valence-corrected chi connectivity index (χ2v) is 6.39. The maximum absolute atomic E-state index is 13.5. The summed E-state index contributed by atoms with van der Waals surface area (Å²) in [7, 11) is 1.83. The lowest BCUT2D eigenvalue weighted by atomic mass is 10.1. The SMILES string of the molecule is Cc1c(-c2cc(C(=O)Nc3cccc(-c4cccc(F)c4)c3)on2)cnn1C. The fourth-order valence-corrected chi connectivity index (χ4v) is 2.90. The summed E-state index contributed by atoms with van der Waals surface area (Å²) in [4.78, 5) is 12.5. The van der Waals surface area contributed by atoms with Crippen molar-refractivity contribution in [2.24, 2.45) is 7.05 Å². The summed E-state index contributed by atoms with van der Waals surface area (Å²) in [6.07, 6.45) is 1.68. The first-order valence-electron chi connectivity index (χ1n) is 8.64. The van der Waals surface area contributed by atoms with Crippen molar-refractivity contribution >= 4 is 11.6 Å². The Labute approximate surface area is 160 Å². The minimum atomic E-state index is -0.420. The summed E-state index contributed by atoms with van der Waals surface area (Å²) in [5.74, 6) is -0.641. The molecule has 0 bridgehead atoms. The highest BCUT2D eigenvalue weighted by atomic mass is 19.1. The van der Waals surface area contributed by atoms with Gasteiger partial charge in [-0.3, -0.25) is 9.48 Å². The minimum absolute atomic E-state index is 0.0920. The zero-order valence-corrected chi connectivity index (χ0v) is 15.3. The van der Waals surface area contributed by atoms with E-state index in [9.17, 15) is 9.18 Å². The fourth-order valence-electron chi connectivity index (χ4n) is 2.90. The first kappa shape index (κ1) is 17.7. The Balaban J connectivity index is 1.55. The van der Waals surface area contributed by atoms with E-state index in [1.54, 1.807) is 41.2 Å². The number of nitrogens with zero attached hydrogens (tertiary/aromatic N) is 3. The zero-order chi connectivity index (χ0) is 19.7. The van der Waals surface area contributed by atoms with Gasteiger partial charge in [0.05, 0.1) is 6.20 Å². The molecule has 0 aliphatic rings. The number of anilines is 1. The van der Waals surface area contributed by atoms with Gasteiger partial charge in [0, 0.05) is 30.1 Å². The molecule has 1 amide bonds. The first-order chi connectivity index (χ1) is 13.5. The van der Waals surface area contributed by atoms with Crippen molar-refractivity contribution in [1.29, 1.82) is 0 Å². The van der Waals surface area contributed by atoms with E-state index in [0.29, 0.717) is 11.4 Å². The lowest BCUT2D eigenvalue weighted by molar-refractivity contribution is 0.0988. The normalized spacial score (nSPS) is 10.8. The molecule has 0 aliphatic heterocycles. The molecule has 0 atom stereocenters. The van der Waals surface area contributed by atoms with Crippen molar-refractivity contribution in [2.45, 2.75) is 6.92 Å². The Kier molecular flexibility index (Phi) is 4.49. The van der Waals surface area contributed by atoms with E-state index in [4.69, 9.17) is 4.52 Å². The topological polar surface area (TPSA) is 73.0 Å². The molecule has 140 valence electrons. The van der Waals surface area contributed by atoms with Crippen molar-refractivity contribution in [3.8, 4) is 22.4 Å². The quantitative estimate of drug-likeness (QED) is 0.571. The second-order valence-electron chi connectivity index (χ2n) is 6.39. The van der Waals surface area contributed by atoms with Crippen molar-refractivity contribution in [1.82, 2.24) is 14.9 Å². The average molecular weight is 376 g/mol. The van der Waals surface area contributed by atoms with Crippen LogP contribution in [0.2, 0.25) is 0 Å². The molecule has 6 nitrogen and oxygen atoms in total. The number of aromatic nitrogens is 3. The number of halogens is 1. The van der Waals surface area contributed by atoms with Crippen LogP contribution >= 0.6 is 0 Å². The van der Waals surface area contributed by atoms with Crippen LogP contribution in [0.3, 0.4) is 0 Å². The highest BCUT2D eigenvalue weighted by Crippen LogP contribution is 2.25. The van der Waals surface area contributed by atoms with Crippen LogP contribution in [0.15, 0.2) is 65.3 Å². The van der Waals surface area contributed by atoms with Gasteiger partial charge in [-0.15, -0.1) is 0 Å². The third kappa shape index (κ3) is 3.42. The molecule has 0 fully saturated rings. The van der Waals surface area contributed by atoms with E-state index < -0.39 is 5.91 Å². The molecule has 7 heteroatoms. The number of aryl methyl sites for hydroxylation is 1. The van der Waals surface area contributed by atoms with Crippen LogP contribution in [0.1, 0.15) is 16.2 Å². The van der Waals surface area contributed by atoms with Gasteiger partial charge in [0.25, 0.3) is 5.91 Å². The maximum Gasteiger partial charge on any atom is 0.294 e. The highest BCUT2D eigenvalue weighted by molar-refractivity contribution is 6.03. The number of carbonyl (C=O) groups is 1. The average Bonchev–Trinajstić information content (AvgIpc) is 3.30. The summed E-state index contributed by atoms with van der Waals surface area (Å²) in [6, 6.07) is 15.0. The molecule has 4 aromatic rings. The van der Waals surface area contributed by atoms with Crippen LogP contribution in [0, 0.1) is 12.7 Å². The number of hydrogen-bond acceptors (Lipinski definition) is 4. The van der Waals surface area contributed by atoms with Crippen molar-refractivity contribution in [2.75, 3.05) is 5.32 Å². The molecular weight excluding hydrogens is 359 g/mol. The van der Waals surface area contributed by atoms with Gasteiger partial charge in [-0.25, -0.2) is 4.39 Å². The highest BCUT2D eigenvalue weighted by Gasteiger charge is 2.17. The molecule has 2 aromatic carbocycles. The molecule has 0 saturated carbocycles. The number of carbonyl (C=O) groups excluding carboxylic acids is 1. The van der Waals surface area contributed by atoms with Crippen LogP contribution in [-0.4, -0.2) is 20.8 Å². The van der Waals surface area contributed by atoms with Crippen LogP contribution in [0.25, 0.3) is 22.4 Å². The number of hydrogen-bond donors (Lipinski definition) is 1. The first-order valence-corrected chi connectivity index (χ1v) is 8.64. The number of benzene rings is 2. The third-order valence-corrected chi connectivity index (χ3v) is 4.52. The third-order valence-electron chi connectivity index (χ3n) is 4.52. The lowest BCUT2D eigenvalue weighted by Gasteiger charge is -2.06. The molecule has 0 spiro atoms. The molecular formula is C21H17FN4O2. The second kappa shape index (κ2) is 7.11. The summed E-state index contributed by atoms with van der Waals surface area (Å²) < 4.78 is 20.4. The predicted octanol–water partition coefficient (Wildman–Crippen LogP) is 4.44. The van der Waals surface area contributed by atoms with Gasteiger partial charge in [0.2, 0.25) is 5.76 Å². The minimum Gasteiger partial charge on any atom is -0.350 e. The Bertz CT molecular complexity index is 1160. The Hall–Kier alpha value is -3.74.